The predicted molar refractivity (Wildman–Crippen MR) is 108 cm³/mol. The second kappa shape index (κ2) is 9.32. The molecule has 0 radical (unpaired) electrons. The summed E-state index contributed by atoms with van der Waals surface area (Å²) in [6.45, 7) is 3.41. The summed E-state index contributed by atoms with van der Waals surface area (Å²) in [5.74, 6) is 0.432. The van der Waals surface area contributed by atoms with E-state index in [0.717, 1.165) is 32.2 Å². The van der Waals surface area contributed by atoms with Crippen LogP contribution in [0.5, 0.6) is 0 Å². The summed E-state index contributed by atoms with van der Waals surface area (Å²) in [6.07, 6.45) is 5.24. The highest BCUT2D eigenvalue weighted by Gasteiger charge is 2.25. The average Bonchev–Trinajstić information content (AvgIpc) is 3.11. The van der Waals surface area contributed by atoms with Crippen molar-refractivity contribution in [1.82, 2.24) is 4.90 Å². The highest BCUT2D eigenvalue weighted by atomic mass is 19.1. The summed E-state index contributed by atoms with van der Waals surface area (Å²) >= 11 is 0. The minimum absolute atomic E-state index is 0.432. The van der Waals surface area contributed by atoms with Crippen molar-refractivity contribution in [2.45, 2.75) is 63.6 Å². The van der Waals surface area contributed by atoms with Gasteiger partial charge in [-0.2, -0.15) is 0 Å². The Bertz CT molecular complexity index is 652. The number of halogens is 1. The van der Waals surface area contributed by atoms with Gasteiger partial charge in [0.2, 0.25) is 0 Å². The zero-order valence-electron chi connectivity index (χ0n) is 16.2. The SMILES string of the molecule is CC(CCc1ccc(C2CCC(F)C2)cc1)N(C)CCc1ccccc1. The Morgan fingerprint density at radius 3 is 2.31 bits per heavy atom. The van der Waals surface area contributed by atoms with Crippen LogP contribution in [0, 0.1) is 0 Å². The van der Waals surface area contributed by atoms with Gasteiger partial charge in [0.1, 0.15) is 6.17 Å². The molecule has 1 fully saturated rings. The molecule has 0 saturated heterocycles. The quantitative estimate of drug-likeness (QED) is 0.581. The molecule has 3 rings (SSSR count). The zero-order valence-corrected chi connectivity index (χ0v) is 16.2. The van der Waals surface area contributed by atoms with Gasteiger partial charge >= 0.3 is 0 Å². The summed E-state index contributed by atoms with van der Waals surface area (Å²) in [7, 11) is 2.23. The molecule has 0 amide bonds. The van der Waals surface area contributed by atoms with Gasteiger partial charge in [-0.1, -0.05) is 54.6 Å². The smallest absolute Gasteiger partial charge is 0.101 e. The molecule has 0 heterocycles. The monoisotopic (exact) mass is 353 g/mol. The first-order valence-electron chi connectivity index (χ1n) is 10.1. The van der Waals surface area contributed by atoms with Crippen LogP contribution in [-0.4, -0.2) is 30.7 Å². The topological polar surface area (TPSA) is 3.24 Å². The lowest BCUT2D eigenvalue weighted by molar-refractivity contribution is 0.249. The number of hydrogen-bond acceptors (Lipinski definition) is 1. The highest BCUT2D eigenvalue weighted by Crippen LogP contribution is 2.36. The Morgan fingerprint density at radius 1 is 0.962 bits per heavy atom. The van der Waals surface area contributed by atoms with Crippen molar-refractivity contribution in [2.24, 2.45) is 0 Å². The van der Waals surface area contributed by atoms with Gasteiger partial charge < -0.3 is 4.90 Å². The van der Waals surface area contributed by atoms with Crippen molar-refractivity contribution in [3.05, 3.63) is 71.3 Å². The molecule has 0 spiro atoms. The average molecular weight is 354 g/mol. The van der Waals surface area contributed by atoms with Crippen LogP contribution in [-0.2, 0) is 12.8 Å². The van der Waals surface area contributed by atoms with Crippen LogP contribution in [0.25, 0.3) is 0 Å². The first-order chi connectivity index (χ1) is 12.6. The van der Waals surface area contributed by atoms with Crippen molar-refractivity contribution in [3.8, 4) is 0 Å². The van der Waals surface area contributed by atoms with E-state index < -0.39 is 6.17 Å². The van der Waals surface area contributed by atoms with Crippen molar-refractivity contribution >= 4 is 0 Å². The number of benzene rings is 2. The van der Waals surface area contributed by atoms with Crippen LogP contribution in [0.2, 0.25) is 0 Å². The summed E-state index contributed by atoms with van der Waals surface area (Å²) in [5.41, 5.74) is 4.12. The second-order valence-corrected chi connectivity index (χ2v) is 7.95. The van der Waals surface area contributed by atoms with E-state index >= 15 is 0 Å². The Morgan fingerprint density at radius 2 is 1.65 bits per heavy atom. The van der Waals surface area contributed by atoms with Crippen molar-refractivity contribution in [2.75, 3.05) is 13.6 Å². The van der Waals surface area contributed by atoms with Crippen molar-refractivity contribution in [3.63, 3.8) is 0 Å². The van der Waals surface area contributed by atoms with Gasteiger partial charge in [-0.25, -0.2) is 4.39 Å². The Balaban J connectivity index is 1.42. The van der Waals surface area contributed by atoms with Crippen LogP contribution in [0.15, 0.2) is 54.6 Å². The third-order valence-corrected chi connectivity index (χ3v) is 6.02. The van der Waals surface area contributed by atoms with E-state index in [1.165, 1.54) is 23.1 Å². The minimum atomic E-state index is -0.591. The van der Waals surface area contributed by atoms with Crippen LogP contribution in [0.4, 0.5) is 4.39 Å². The molecule has 1 saturated carbocycles. The summed E-state index contributed by atoms with van der Waals surface area (Å²) in [5, 5.41) is 0. The van der Waals surface area contributed by atoms with E-state index in [4.69, 9.17) is 0 Å². The minimum Gasteiger partial charge on any atom is -0.303 e. The molecule has 0 N–H and O–H groups in total. The van der Waals surface area contributed by atoms with Crippen LogP contribution < -0.4 is 0 Å². The Labute approximate surface area is 158 Å². The van der Waals surface area contributed by atoms with Gasteiger partial charge in [-0.05, 0) is 75.1 Å². The molecule has 2 aromatic rings. The first kappa shape index (κ1) is 19.1. The highest BCUT2D eigenvalue weighted by molar-refractivity contribution is 5.26. The van der Waals surface area contributed by atoms with Crippen LogP contribution in [0.1, 0.15) is 55.2 Å². The molecule has 1 nitrogen and oxygen atoms in total. The van der Waals surface area contributed by atoms with Gasteiger partial charge in [-0.15, -0.1) is 0 Å². The molecule has 1 aliphatic rings. The van der Waals surface area contributed by atoms with E-state index in [1.807, 2.05) is 0 Å². The largest absolute Gasteiger partial charge is 0.303 e. The summed E-state index contributed by atoms with van der Waals surface area (Å²) in [6, 6.07) is 20.2. The van der Waals surface area contributed by atoms with E-state index in [1.54, 1.807) is 0 Å². The lowest BCUT2D eigenvalue weighted by Gasteiger charge is -2.25. The van der Waals surface area contributed by atoms with Gasteiger partial charge in [0.15, 0.2) is 0 Å². The first-order valence-corrected chi connectivity index (χ1v) is 10.1. The molecule has 3 atom stereocenters. The second-order valence-electron chi connectivity index (χ2n) is 7.95. The molecule has 140 valence electrons. The van der Waals surface area contributed by atoms with E-state index in [9.17, 15) is 4.39 Å². The predicted octanol–water partition coefficient (Wildman–Crippen LogP) is 5.79. The molecule has 2 aromatic carbocycles. The zero-order chi connectivity index (χ0) is 18.4. The Hall–Kier alpha value is -1.67. The Kier molecular flexibility index (Phi) is 6.85. The van der Waals surface area contributed by atoms with Gasteiger partial charge in [0.25, 0.3) is 0 Å². The molecular formula is C24H32FN. The van der Waals surface area contributed by atoms with Gasteiger partial charge in [0, 0.05) is 12.6 Å². The van der Waals surface area contributed by atoms with Crippen molar-refractivity contribution < 1.29 is 4.39 Å². The maximum atomic E-state index is 13.4. The maximum absolute atomic E-state index is 13.4. The fraction of sp³-hybridized carbons (Fsp3) is 0.500. The van der Waals surface area contributed by atoms with Crippen LogP contribution in [0.3, 0.4) is 0 Å². The molecular weight excluding hydrogens is 321 g/mol. The number of likely N-dealkylation sites (N-methyl/N-ethyl adjacent to an activating group) is 1. The molecule has 0 aliphatic heterocycles. The lowest BCUT2D eigenvalue weighted by Crippen LogP contribution is -2.31. The third kappa shape index (κ3) is 5.41. The van der Waals surface area contributed by atoms with Crippen LogP contribution >= 0.6 is 0 Å². The number of aryl methyl sites for hydroxylation is 1. The number of alkyl halides is 1. The standard InChI is InChI=1S/C24H32FN/c1-19(26(2)17-16-20-6-4-3-5-7-20)8-9-21-10-12-22(13-11-21)23-14-15-24(25)18-23/h3-7,10-13,19,23-24H,8-9,14-18H2,1-2H3. The summed E-state index contributed by atoms with van der Waals surface area (Å²) < 4.78 is 13.4. The fourth-order valence-corrected chi connectivity index (χ4v) is 3.95. The number of nitrogens with zero attached hydrogens (tertiary/aromatic N) is 1. The number of hydrogen-bond donors (Lipinski definition) is 0. The molecule has 1 aliphatic carbocycles. The van der Waals surface area contributed by atoms with E-state index in [2.05, 4.69) is 73.5 Å². The van der Waals surface area contributed by atoms with Gasteiger partial charge in [0.05, 0.1) is 0 Å². The molecule has 26 heavy (non-hydrogen) atoms. The van der Waals surface area contributed by atoms with E-state index in [-0.39, 0.29) is 0 Å². The fourth-order valence-electron chi connectivity index (χ4n) is 3.95. The molecule has 0 bridgehead atoms. The third-order valence-electron chi connectivity index (χ3n) is 6.02. The molecule has 0 aromatic heterocycles. The normalized spacial score (nSPS) is 21.2. The lowest BCUT2D eigenvalue weighted by atomic mass is 9.95. The summed E-state index contributed by atoms with van der Waals surface area (Å²) in [4.78, 5) is 2.46. The molecule has 3 unspecified atom stereocenters. The van der Waals surface area contributed by atoms with Gasteiger partial charge in [-0.3, -0.25) is 0 Å². The van der Waals surface area contributed by atoms with E-state index in [0.29, 0.717) is 18.4 Å². The van der Waals surface area contributed by atoms with Crippen molar-refractivity contribution in [1.29, 1.82) is 0 Å². The number of rotatable bonds is 8. The maximum Gasteiger partial charge on any atom is 0.101 e. The molecule has 2 heteroatoms.